The number of ether oxygens (including phenoxy) is 1. The highest BCUT2D eigenvalue weighted by Gasteiger charge is 2.24. The van der Waals surface area contributed by atoms with E-state index in [1.54, 1.807) is 12.1 Å². The Bertz CT molecular complexity index is 430. The Labute approximate surface area is 119 Å². The fourth-order valence-electron chi connectivity index (χ4n) is 2.38. The Hall–Kier alpha value is -1.22. The molecule has 3 nitrogen and oxygen atoms in total. The minimum absolute atomic E-state index is 0.0330. The molecular weight excluding hydrogens is 262 g/mol. The molecule has 1 aliphatic rings. The fourth-order valence-corrected chi connectivity index (χ4v) is 2.56. The second kappa shape index (κ2) is 6.80. The topological polar surface area (TPSA) is 38.3 Å². The number of halogens is 1. The maximum absolute atomic E-state index is 12.2. The van der Waals surface area contributed by atoms with Gasteiger partial charge >= 0.3 is 0 Å². The van der Waals surface area contributed by atoms with Crippen LogP contribution in [0, 0.1) is 0 Å². The van der Waals surface area contributed by atoms with Crippen LogP contribution in [0.1, 0.15) is 39.0 Å². The molecule has 0 spiro atoms. The third-order valence-electron chi connectivity index (χ3n) is 3.47. The number of carbonyl (C=O) groups is 1. The number of hydrogen-bond acceptors (Lipinski definition) is 2. The van der Waals surface area contributed by atoms with Gasteiger partial charge in [0.2, 0.25) is 0 Å². The summed E-state index contributed by atoms with van der Waals surface area (Å²) in [5.74, 6) is 0.534. The van der Waals surface area contributed by atoms with Gasteiger partial charge in [0.25, 0.3) is 5.91 Å². The first-order valence-electron chi connectivity index (χ1n) is 6.92. The molecule has 1 aliphatic carbocycles. The van der Waals surface area contributed by atoms with Crippen LogP contribution >= 0.6 is 11.6 Å². The third-order valence-corrected chi connectivity index (χ3v) is 3.78. The SMILES string of the molecule is CC[C@@H](Oc1ccccc1Cl)C(=O)NC1CCCC1. The number of benzene rings is 1. The fraction of sp³-hybridized carbons (Fsp3) is 0.533. The van der Waals surface area contributed by atoms with Crippen molar-refractivity contribution in [1.29, 1.82) is 0 Å². The molecule has 2 rings (SSSR count). The lowest BCUT2D eigenvalue weighted by molar-refractivity contribution is -0.128. The third kappa shape index (κ3) is 3.87. The number of nitrogens with one attached hydrogen (secondary N) is 1. The van der Waals surface area contributed by atoms with Crippen LogP contribution in [-0.4, -0.2) is 18.1 Å². The van der Waals surface area contributed by atoms with Gasteiger partial charge in [-0.3, -0.25) is 4.79 Å². The molecule has 0 heterocycles. The summed E-state index contributed by atoms with van der Waals surface area (Å²) in [4.78, 5) is 12.2. The average Bonchev–Trinajstić information content (AvgIpc) is 2.90. The van der Waals surface area contributed by atoms with Gasteiger partial charge < -0.3 is 10.1 Å². The minimum atomic E-state index is -0.472. The van der Waals surface area contributed by atoms with Crippen molar-refractivity contribution in [2.45, 2.75) is 51.2 Å². The van der Waals surface area contributed by atoms with E-state index in [2.05, 4.69) is 5.32 Å². The first kappa shape index (κ1) is 14.2. The highest BCUT2D eigenvalue weighted by Crippen LogP contribution is 2.25. The highest BCUT2D eigenvalue weighted by atomic mass is 35.5. The molecule has 104 valence electrons. The van der Waals surface area contributed by atoms with Crippen LogP contribution in [0.3, 0.4) is 0 Å². The van der Waals surface area contributed by atoms with Gasteiger partial charge in [0, 0.05) is 6.04 Å². The molecule has 1 saturated carbocycles. The Kier molecular flexibility index (Phi) is 5.08. The molecule has 1 N–H and O–H groups in total. The van der Waals surface area contributed by atoms with Crippen molar-refractivity contribution in [1.82, 2.24) is 5.32 Å². The number of amides is 1. The maximum atomic E-state index is 12.2. The molecule has 0 bridgehead atoms. The van der Waals surface area contributed by atoms with Gasteiger partial charge in [-0.2, -0.15) is 0 Å². The zero-order valence-electron chi connectivity index (χ0n) is 11.2. The van der Waals surface area contributed by atoms with Gasteiger partial charge in [0.15, 0.2) is 6.10 Å². The van der Waals surface area contributed by atoms with Crippen molar-refractivity contribution in [3.63, 3.8) is 0 Å². The van der Waals surface area contributed by atoms with Crippen LogP contribution in [0.5, 0.6) is 5.75 Å². The molecule has 0 aromatic heterocycles. The lowest BCUT2D eigenvalue weighted by Gasteiger charge is -2.20. The summed E-state index contributed by atoms with van der Waals surface area (Å²) in [7, 11) is 0. The Morgan fingerprint density at radius 2 is 2.11 bits per heavy atom. The maximum Gasteiger partial charge on any atom is 0.261 e. The van der Waals surface area contributed by atoms with Crippen molar-refractivity contribution in [3.8, 4) is 5.75 Å². The number of para-hydroxylation sites is 1. The monoisotopic (exact) mass is 281 g/mol. The van der Waals surface area contributed by atoms with E-state index < -0.39 is 6.10 Å². The lowest BCUT2D eigenvalue weighted by Crippen LogP contribution is -2.42. The second-order valence-corrected chi connectivity index (χ2v) is 5.34. The van der Waals surface area contributed by atoms with Crippen molar-refractivity contribution >= 4 is 17.5 Å². The molecule has 0 radical (unpaired) electrons. The zero-order valence-corrected chi connectivity index (χ0v) is 12.0. The first-order chi connectivity index (χ1) is 9.20. The van der Waals surface area contributed by atoms with Crippen molar-refractivity contribution in [2.24, 2.45) is 0 Å². The zero-order chi connectivity index (χ0) is 13.7. The van der Waals surface area contributed by atoms with Gasteiger partial charge in [-0.15, -0.1) is 0 Å². The Morgan fingerprint density at radius 1 is 1.42 bits per heavy atom. The number of rotatable bonds is 5. The van der Waals surface area contributed by atoms with Crippen LogP contribution in [0.15, 0.2) is 24.3 Å². The molecule has 0 saturated heterocycles. The predicted molar refractivity (Wildman–Crippen MR) is 76.6 cm³/mol. The van der Waals surface area contributed by atoms with Gasteiger partial charge in [0.05, 0.1) is 5.02 Å². The molecular formula is C15H20ClNO2. The molecule has 1 atom stereocenters. The normalized spacial score (nSPS) is 17.2. The van der Waals surface area contributed by atoms with Crippen molar-refractivity contribution < 1.29 is 9.53 Å². The summed E-state index contributed by atoms with van der Waals surface area (Å²) in [6.45, 7) is 1.94. The van der Waals surface area contributed by atoms with Gasteiger partial charge in [-0.1, -0.05) is 43.5 Å². The number of carbonyl (C=O) groups excluding carboxylic acids is 1. The summed E-state index contributed by atoms with van der Waals surface area (Å²) in [5.41, 5.74) is 0. The van der Waals surface area contributed by atoms with Crippen LogP contribution in [0.25, 0.3) is 0 Å². The molecule has 1 amide bonds. The van der Waals surface area contributed by atoms with E-state index >= 15 is 0 Å². The van der Waals surface area contributed by atoms with E-state index in [0.29, 0.717) is 23.2 Å². The quantitative estimate of drug-likeness (QED) is 0.896. The van der Waals surface area contributed by atoms with E-state index in [1.807, 2.05) is 19.1 Å². The minimum Gasteiger partial charge on any atom is -0.479 e. The lowest BCUT2D eigenvalue weighted by atomic mass is 10.2. The van der Waals surface area contributed by atoms with E-state index in [9.17, 15) is 4.79 Å². The molecule has 19 heavy (non-hydrogen) atoms. The summed E-state index contributed by atoms with van der Waals surface area (Å²) in [5, 5.41) is 3.60. The van der Waals surface area contributed by atoms with Crippen LogP contribution in [-0.2, 0) is 4.79 Å². The largest absolute Gasteiger partial charge is 0.479 e. The standard InChI is InChI=1S/C15H20ClNO2/c1-2-13(15(18)17-11-7-3-4-8-11)19-14-10-6-5-9-12(14)16/h5-6,9-11,13H,2-4,7-8H2,1H3,(H,17,18)/t13-/m1/s1. The van der Waals surface area contributed by atoms with E-state index in [-0.39, 0.29) is 5.91 Å². The molecule has 1 aromatic carbocycles. The summed E-state index contributed by atoms with van der Waals surface area (Å²) < 4.78 is 5.72. The van der Waals surface area contributed by atoms with Crippen molar-refractivity contribution in [3.05, 3.63) is 29.3 Å². The molecule has 0 unspecified atom stereocenters. The summed E-state index contributed by atoms with van der Waals surface area (Å²) >= 11 is 6.04. The van der Waals surface area contributed by atoms with Crippen LogP contribution in [0.2, 0.25) is 5.02 Å². The molecule has 0 aliphatic heterocycles. The summed E-state index contributed by atoms with van der Waals surface area (Å²) in [6, 6.07) is 7.56. The van der Waals surface area contributed by atoms with Crippen molar-refractivity contribution in [2.75, 3.05) is 0 Å². The van der Waals surface area contributed by atoms with E-state index in [4.69, 9.17) is 16.3 Å². The highest BCUT2D eigenvalue weighted by molar-refractivity contribution is 6.32. The predicted octanol–water partition coefficient (Wildman–Crippen LogP) is 3.56. The Morgan fingerprint density at radius 3 is 2.74 bits per heavy atom. The van der Waals surface area contributed by atoms with Gasteiger partial charge in [-0.25, -0.2) is 0 Å². The van der Waals surface area contributed by atoms with Gasteiger partial charge in [-0.05, 0) is 31.4 Å². The molecule has 1 aromatic rings. The van der Waals surface area contributed by atoms with Gasteiger partial charge in [0.1, 0.15) is 5.75 Å². The smallest absolute Gasteiger partial charge is 0.261 e. The molecule has 1 fully saturated rings. The average molecular weight is 282 g/mol. The van der Waals surface area contributed by atoms with Crippen LogP contribution < -0.4 is 10.1 Å². The van der Waals surface area contributed by atoms with E-state index in [0.717, 1.165) is 12.8 Å². The van der Waals surface area contributed by atoms with E-state index in [1.165, 1.54) is 12.8 Å². The Balaban J connectivity index is 1.95. The molecule has 4 heteroatoms. The number of hydrogen-bond donors (Lipinski definition) is 1. The summed E-state index contributed by atoms with van der Waals surface area (Å²) in [6.07, 6.45) is 4.72. The van der Waals surface area contributed by atoms with Crippen LogP contribution in [0.4, 0.5) is 0 Å². The second-order valence-electron chi connectivity index (χ2n) is 4.94. The first-order valence-corrected chi connectivity index (χ1v) is 7.30.